The van der Waals surface area contributed by atoms with E-state index < -0.39 is 0 Å². The summed E-state index contributed by atoms with van der Waals surface area (Å²) in [5.74, 6) is 0.279. The molecule has 48 valence electrons. The third-order valence-electron chi connectivity index (χ3n) is 0.703. The molecule has 0 saturated carbocycles. The Bertz CT molecular complexity index is 176. The number of hydrogen-bond donors (Lipinski definition) is 0. The Balaban J connectivity index is 2.85. The summed E-state index contributed by atoms with van der Waals surface area (Å²) < 4.78 is 0.806. The standard InChI is InChI=1S/C4H3Cl2N3/c5-9(6)4-7-2-1-3-8-4/h1-3H. The van der Waals surface area contributed by atoms with Crippen molar-refractivity contribution in [2.24, 2.45) is 0 Å². The monoisotopic (exact) mass is 163 g/mol. The van der Waals surface area contributed by atoms with Gasteiger partial charge in [0.2, 0.25) is 0 Å². The number of aromatic nitrogens is 2. The summed E-state index contributed by atoms with van der Waals surface area (Å²) in [5.41, 5.74) is 0. The van der Waals surface area contributed by atoms with Crippen molar-refractivity contribution in [2.45, 2.75) is 0 Å². The van der Waals surface area contributed by atoms with E-state index in [1.54, 1.807) is 18.5 Å². The van der Waals surface area contributed by atoms with Crippen molar-refractivity contribution in [3.8, 4) is 0 Å². The molecule has 9 heavy (non-hydrogen) atoms. The fraction of sp³-hybridized carbons (Fsp3) is 0. The molecule has 0 radical (unpaired) electrons. The molecule has 0 atom stereocenters. The van der Waals surface area contributed by atoms with Crippen molar-refractivity contribution in [1.29, 1.82) is 0 Å². The average molecular weight is 164 g/mol. The van der Waals surface area contributed by atoms with Gasteiger partial charge >= 0.3 is 0 Å². The second-order valence-electron chi connectivity index (χ2n) is 1.28. The topological polar surface area (TPSA) is 29.0 Å². The lowest BCUT2D eigenvalue weighted by Crippen LogP contribution is -1.96. The van der Waals surface area contributed by atoms with E-state index >= 15 is 0 Å². The van der Waals surface area contributed by atoms with Crippen LogP contribution in [0.25, 0.3) is 0 Å². The average Bonchev–Trinajstić information content (AvgIpc) is 1.90. The first-order valence-electron chi connectivity index (χ1n) is 2.19. The van der Waals surface area contributed by atoms with E-state index in [9.17, 15) is 0 Å². The summed E-state index contributed by atoms with van der Waals surface area (Å²) in [7, 11) is 0. The first-order valence-corrected chi connectivity index (χ1v) is 2.87. The zero-order valence-corrected chi connectivity index (χ0v) is 5.84. The molecule has 0 aromatic carbocycles. The van der Waals surface area contributed by atoms with Crippen molar-refractivity contribution in [2.75, 3.05) is 3.94 Å². The maximum Gasteiger partial charge on any atom is 0.255 e. The molecule has 0 spiro atoms. The van der Waals surface area contributed by atoms with E-state index in [2.05, 4.69) is 9.97 Å². The van der Waals surface area contributed by atoms with E-state index in [0.29, 0.717) is 0 Å². The van der Waals surface area contributed by atoms with Gasteiger partial charge in [0.15, 0.2) is 0 Å². The zero-order valence-electron chi connectivity index (χ0n) is 4.33. The Morgan fingerprint density at radius 1 is 1.22 bits per heavy atom. The van der Waals surface area contributed by atoms with Crippen LogP contribution in [0.15, 0.2) is 18.5 Å². The molecule has 1 heterocycles. The van der Waals surface area contributed by atoms with Crippen LogP contribution in [0.1, 0.15) is 0 Å². The van der Waals surface area contributed by atoms with E-state index in [1.165, 1.54) is 0 Å². The first kappa shape index (κ1) is 6.58. The van der Waals surface area contributed by atoms with Crippen LogP contribution in [0.5, 0.6) is 0 Å². The first-order chi connectivity index (χ1) is 4.30. The number of nitrogens with zero attached hydrogens (tertiary/aromatic N) is 3. The summed E-state index contributed by atoms with van der Waals surface area (Å²) in [6.45, 7) is 0. The van der Waals surface area contributed by atoms with Crippen LogP contribution in [0.2, 0.25) is 0 Å². The molecule has 3 nitrogen and oxygen atoms in total. The fourth-order valence-corrected chi connectivity index (χ4v) is 0.553. The normalized spacial score (nSPS) is 9.11. The van der Waals surface area contributed by atoms with Crippen molar-refractivity contribution >= 4 is 29.5 Å². The summed E-state index contributed by atoms with van der Waals surface area (Å²) in [4.78, 5) is 7.46. The molecule has 0 amide bonds. The van der Waals surface area contributed by atoms with Crippen LogP contribution < -0.4 is 3.94 Å². The number of rotatable bonds is 1. The van der Waals surface area contributed by atoms with Gasteiger partial charge in [0, 0.05) is 35.9 Å². The van der Waals surface area contributed by atoms with Gasteiger partial charge in [-0.25, -0.2) is 9.97 Å². The van der Waals surface area contributed by atoms with Crippen molar-refractivity contribution in [3.63, 3.8) is 0 Å². The lowest BCUT2D eigenvalue weighted by atomic mass is 10.7. The van der Waals surface area contributed by atoms with Gasteiger partial charge in [-0.15, -0.1) is 0 Å². The van der Waals surface area contributed by atoms with Crippen LogP contribution >= 0.6 is 23.6 Å². The molecule has 0 unspecified atom stereocenters. The fourth-order valence-electron chi connectivity index (χ4n) is 0.379. The lowest BCUT2D eigenvalue weighted by molar-refractivity contribution is 1.15. The molecule has 1 aromatic heterocycles. The van der Waals surface area contributed by atoms with Crippen molar-refractivity contribution < 1.29 is 0 Å². The van der Waals surface area contributed by atoms with Gasteiger partial charge in [-0.1, -0.05) is 0 Å². The van der Waals surface area contributed by atoms with Crippen LogP contribution in [0.3, 0.4) is 0 Å². The Hall–Kier alpha value is -0.540. The van der Waals surface area contributed by atoms with E-state index in [1.807, 2.05) is 0 Å². The summed E-state index contributed by atoms with van der Waals surface area (Å²) in [5, 5.41) is 0. The minimum absolute atomic E-state index is 0.279. The number of halogens is 2. The van der Waals surface area contributed by atoms with Crippen molar-refractivity contribution in [3.05, 3.63) is 18.5 Å². The molecule has 0 N–H and O–H groups in total. The predicted octanol–water partition coefficient (Wildman–Crippen LogP) is 1.59. The van der Waals surface area contributed by atoms with Crippen LogP contribution in [-0.2, 0) is 0 Å². The lowest BCUT2D eigenvalue weighted by Gasteiger charge is -1.99. The van der Waals surface area contributed by atoms with Gasteiger partial charge in [0.05, 0.1) is 0 Å². The van der Waals surface area contributed by atoms with Crippen LogP contribution in [-0.4, -0.2) is 9.97 Å². The molecule has 0 saturated heterocycles. The molecule has 0 bridgehead atoms. The predicted molar refractivity (Wildman–Crippen MR) is 36.2 cm³/mol. The van der Waals surface area contributed by atoms with Crippen molar-refractivity contribution in [1.82, 2.24) is 9.97 Å². The molecule has 0 aliphatic carbocycles. The van der Waals surface area contributed by atoms with E-state index in [4.69, 9.17) is 23.6 Å². The van der Waals surface area contributed by atoms with E-state index in [-0.39, 0.29) is 5.95 Å². The molecule has 0 fully saturated rings. The molecular weight excluding hydrogens is 161 g/mol. The van der Waals surface area contributed by atoms with Gasteiger partial charge in [-0.05, 0) is 6.07 Å². The maximum atomic E-state index is 5.28. The van der Waals surface area contributed by atoms with Gasteiger partial charge in [-0.2, -0.15) is 3.94 Å². The van der Waals surface area contributed by atoms with E-state index in [0.717, 1.165) is 3.94 Å². The third-order valence-corrected chi connectivity index (χ3v) is 1.01. The van der Waals surface area contributed by atoms with Gasteiger partial charge in [0.25, 0.3) is 5.95 Å². The second kappa shape index (κ2) is 2.85. The Labute approximate surface area is 62.5 Å². The Morgan fingerprint density at radius 2 is 1.78 bits per heavy atom. The molecule has 1 aromatic rings. The molecule has 5 heteroatoms. The highest BCUT2D eigenvalue weighted by atomic mass is 35.5. The number of anilines is 1. The Kier molecular flexibility index (Phi) is 2.08. The summed E-state index contributed by atoms with van der Waals surface area (Å²) >= 11 is 10.6. The quantitative estimate of drug-likeness (QED) is 0.590. The summed E-state index contributed by atoms with van der Waals surface area (Å²) in [6, 6.07) is 1.68. The van der Waals surface area contributed by atoms with Gasteiger partial charge in [-0.3, -0.25) is 0 Å². The second-order valence-corrected chi connectivity index (χ2v) is 2.13. The highest BCUT2D eigenvalue weighted by Gasteiger charge is 1.97. The smallest absolute Gasteiger partial charge is 0.219 e. The molecule has 0 aliphatic heterocycles. The largest absolute Gasteiger partial charge is 0.255 e. The van der Waals surface area contributed by atoms with Crippen LogP contribution in [0.4, 0.5) is 5.95 Å². The molecule has 1 rings (SSSR count). The third kappa shape index (κ3) is 1.69. The van der Waals surface area contributed by atoms with Gasteiger partial charge < -0.3 is 0 Å². The highest BCUT2D eigenvalue weighted by Crippen LogP contribution is 2.09. The Morgan fingerprint density at radius 3 is 2.11 bits per heavy atom. The highest BCUT2D eigenvalue weighted by molar-refractivity contribution is 6.48. The number of hydrogen-bond acceptors (Lipinski definition) is 3. The zero-order chi connectivity index (χ0) is 6.69. The molecular formula is C4H3Cl2N3. The minimum Gasteiger partial charge on any atom is -0.219 e. The maximum absolute atomic E-state index is 5.28. The SMILES string of the molecule is ClN(Cl)c1ncccn1. The summed E-state index contributed by atoms with van der Waals surface area (Å²) in [6.07, 6.45) is 3.11. The van der Waals surface area contributed by atoms with Crippen LogP contribution in [0, 0.1) is 0 Å². The van der Waals surface area contributed by atoms with Gasteiger partial charge in [0.1, 0.15) is 0 Å². The minimum atomic E-state index is 0.279. The molecule has 0 aliphatic rings.